The van der Waals surface area contributed by atoms with Crippen molar-refractivity contribution in [3.63, 3.8) is 0 Å². The highest BCUT2D eigenvalue weighted by atomic mass is 16.2. The quantitative estimate of drug-likeness (QED) is 0.811. The first-order chi connectivity index (χ1) is 13.8. The van der Waals surface area contributed by atoms with Crippen molar-refractivity contribution in [2.24, 2.45) is 0 Å². The summed E-state index contributed by atoms with van der Waals surface area (Å²) in [7, 11) is 0. The maximum Gasteiger partial charge on any atom is 0.225 e. The number of nitrogens with zero attached hydrogens (tertiary/aromatic N) is 6. The lowest BCUT2D eigenvalue weighted by molar-refractivity contribution is -0.132. The second-order valence-corrected chi connectivity index (χ2v) is 7.21. The van der Waals surface area contributed by atoms with Gasteiger partial charge in [-0.25, -0.2) is 9.97 Å². The minimum atomic E-state index is 0.233. The van der Waals surface area contributed by atoms with E-state index in [4.69, 9.17) is 0 Å². The van der Waals surface area contributed by atoms with E-state index in [1.165, 1.54) is 5.56 Å². The zero-order valence-corrected chi connectivity index (χ0v) is 16.1. The predicted octanol–water partition coefficient (Wildman–Crippen LogP) is 0.557. The van der Waals surface area contributed by atoms with Gasteiger partial charge < -0.3 is 15.1 Å². The molecule has 0 bridgehead atoms. The van der Waals surface area contributed by atoms with Crippen molar-refractivity contribution in [3.8, 4) is 0 Å². The fourth-order valence-electron chi connectivity index (χ4n) is 3.92. The number of piperazine rings is 2. The van der Waals surface area contributed by atoms with Crippen molar-refractivity contribution in [1.82, 2.24) is 30.1 Å². The number of aromatic nitrogens is 3. The number of carbonyl (C=O) groups is 1. The van der Waals surface area contributed by atoms with Crippen LogP contribution in [0, 0.1) is 0 Å². The summed E-state index contributed by atoms with van der Waals surface area (Å²) in [5.41, 5.74) is 1.21. The Morgan fingerprint density at radius 3 is 2.64 bits per heavy atom. The van der Waals surface area contributed by atoms with Crippen LogP contribution in [0.4, 0.5) is 5.95 Å². The van der Waals surface area contributed by atoms with Gasteiger partial charge in [0.2, 0.25) is 11.9 Å². The van der Waals surface area contributed by atoms with Gasteiger partial charge in [-0.3, -0.25) is 14.7 Å². The molecule has 8 nitrogen and oxygen atoms in total. The van der Waals surface area contributed by atoms with Crippen LogP contribution in [0.3, 0.4) is 0 Å². The van der Waals surface area contributed by atoms with Crippen molar-refractivity contribution in [3.05, 3.63) is 48.5 Å². The van der Waals surface area contributed by atoms with E-state index in [2.05, 4.69) is 36.1 Å². The molecule has 2 aliphatic heterocycles. The van der Waals surface area contributed by atoms with E-state index in [1.54, 1.807) is 18.6 Å². The summed E-state index contributed by atoms with van der Waals surface area (Å²) in [4.78, 5) is 32.1. The highest BCUT2D eigenvalue weighted by Crippen LogP contribution is 2.21. The largest absolute Gasteiger partial charge is 0.339 e. The molecule has 4 rings (SSSR count). The maximum atomic E-state index is 12.7. The molecule has 148 valence electrons. The third-order valence-corrected chi connectivity index (χ3v) is 5.50. The van der Waals surface area contributed by atoms with Gasteiger partial charge in [-0.15, -0.1) is 0 Å². The van der Waals surface area contributed by atoms with E-state index >= 15 is 0 Å². The van der Waals surface area contributed by atoms with Gasteiger partial charge in [0.15, 0.2) is 0 Å². The van der Waals surface area contributed by atoms with Crippen molar-refractivity contribution >= 4 is 11.9 Å². The standard InChI is InChI=1S/C20H27N7O/c28-19(26-11-13-27(14-12-26)20-23-6-2-7-24-20)4-9-25-10-8-22-16-18(25)17-3-1-5-21-15-17/h1-3,5-7,15,18,22H,4,8-14,16H2. The van der Waals surface area contributed by atoms with Crippen LogP contribution in [0.2, 0.25) is 0 Å². The molecule has 2 aromatic heterocycles. The Morgan fingerprint density at radius 1 is 1.07 bits per heavy atom. The number of amides is 1. The lowest BCUT2D eigenvalue weighted by Crippen LogP contribution is -2.50. The molecule has 1 N–H and O–H groups in total. The van der Waals surface area contributed by atoms with Gasteiger partial charge in [0, 0.05) is 89.6 Å². The molecule has 2 aromatic rings. The van der Waals surface area contributed by atoms with E-state index in [1.807, 2.05) is 23.2 Å². The summed E-state index contributed by atoms with van der Waals surface area (Å²) in [6, 6.07) is 6.19. The number of rotatable bonds is 5. The van der Waals surface area contributed by atoms with E-state index in [9.17, 15) is 4.79 Å². The summed E-state index contributed by atoms with van der Waals surface area (Å²) >= 11 is 0. The van der Waals surface area contributed by atoms with E-state index in [-0.39, 0.29) is 11.9 Å². The Labute approximate surface area is 165 Å². The Hall–Kier alpha value is -2.58. The minimum absolute atomic E-state index is 0.233. The SMILES string of the molecule is O=C(CCN1CCNCC1c1cccnc1)N1CCN(c2ncccn2)CC1. The van der Waals surface area contributed by atoms with Crippen LogP contribution in [0.25, 0.3) is 0 Å². The van der Waals surface area contributed by atoms with Crippen LogP contribution in [0.15, 0.2) is 43.0 Å². The van der Waals surface area contributed by atoms with Gasteiger partial charge in [0.25, 0.3) is 0 Å². The molecular formula is C20H27N7O. The third-order valence-electron chi connectivity index (χ3n) is 5.50. The molecule has 1 unspecified atom stereocenters. The first kappa shape index (κ1) is 18.8. The van der Waals surface area contributed by atoms with Crippen molar-refractivity contribution in [1.29, 1.82) is 0 Å². The first-order valence-corrected chi connectivity index (χ1v) is 9.96. The normalized spacial score (nSPS) is 20.9. The topological polar surface area (TPSA) is 77.5 Å². The molecule has 2 saturated heterocycles. The summed E-state index contributed by atoms with van der Waals surface area (Å²) in [5.74, 6) is 0.979. The first-order valence-electron chi connectivity index (χ1n) is 9.96. The average Bonchev–Trinajstić information content (AvgIpc) is 2.79. The van der Waals surface area contributed by atoms with Gasteiger partial charge in [-0.2, -0.15) is 0 Å². The Morgan fingerprint density at radius 2 is 1.89 bits per heavy atom. The Bertz CT molecular complexity index is 750. The van der Waals surface area contributed by atoms with Gasteiger partial charge in [-0.05, 0) is 17.7 Å². The number of carbonyl (C=O) groups excluding carboxylic acids is 1. The molecule has 1 amide bonds. The average molecular weight is 381 g/mol. The molecule has 0 aromatic carbocycles. The Kier molecular flexibility index (Phi) is 6.08. The van der Waals surface area contributed by atoms with Crippen LogP contribution in [0.5, 0.6) is 0 Å². The van der Waals surface area contributed by atoms with Crippen molar-refractivity contribution in [2.45, 2.75) is 12.5 Å². The second kappa shape index (κ2) is 9.07. The highest BCUT2D eigenvalue weighted by Gasteiger charge is 2.26. The van der Waals surface area contributed by atoms with Crippen LogP contribution >= 0.6 is 0 Å². The summed E-state index contributed by atoms with van der Waals surface area (Å²) in [6.45, 7) is 6.60. The predicted molar refractivity (Wildman–Crippen MR) is 107 cm³/mol. The maximum absolute atomic E-state index is 12.7. The van der Waals surface area contributed by atoms with E-state index in [0.29, 0.717) is 6.42 Å². The molecule has 1 atom stereocenters. The summed E-state index contributed by atoms with van der Waals surface area (Å²) in [5, 5.41) is 3.45. The fraction of sp³-hybridized carbons (Fsp3) is 0.500. The number of anilines is 1. The van der Waals surface area contributed by atoms with Crippen LogP contribution in [-0.4, -0.2) is 83.0 Å². The summed E-state index contributed by atoms with van der Waals surface area (Å²) in [6.07, 6.45) is 7.79. The number of pyridine rings is 1. The number of hydrogen-bond donors (Lipinski definition) is 1. The van der Waals surface area contributed by atoms with Gasteiger partial charge >= 0.3 is 0 Å². The van der Waals surface area contributed by atoms with Crippen molar-refractivity contribution in [2.75, 3.05) is 57.3 Å². The fourth-order valence-corrected chi connectivity index (χ4v) is 3.92. The molecule has 8 heteroatoms. The molecular weight excluding hydrogens is 354 g/mol. The molecule has 0 spiro atoms. The van der Waals surface area contributed by atoms with Crippen LogP contribution in [-0.2, 0) is 4.79 Å². The highest BCUT2D eigenvalue weighted by molar-refractivity contribution is 5.76. The monoisotopic (exact) mass is 381 g/mol. The van der Waals surface area contributed by atoms with Gasteiger partial charge in [-0.1, -0.05) is 6.07 Å². The smallest absolute Gasteiger partial charge is 0.225 e. The molecule has 2 fully saturated rings. The van der Waals surface area contributed by atoms with Gasteiger partial charge in [0.1, 0.15) is 0 Å². The second-order valence-electron chi connectivity index (χ2n) is 7.21. The lowest BCUT2D eigenvalue weighted by Gasteiger charge is -2.38. The third kappa shape index (κ3) is 4.45. The molecule has 28 heavy (non-hydrogen) atoms. The zero-order valence-electron chi connectivity index (χ0n) is 16.1. The van der Waals surface area contributed by atoms with Crippen LogP contribution in [0.1, 0.15) is 18.0 Å². The molecule has 0 radical (unpaired) electrons. The zero-order chi connectivity index (χ0) is 19.2. The minimum Gasteiger partial charge on any atom is -0.339 e. The molecule has 0 saturated carbocycles. The molecule has 2 aliphatic rings. The van der Waals surface area contributed by atoms with Crippen molar-refractivity contribution < 1.29 is 4.79 Å². The number of nitrogens with one attached hydrogen (secondary N) is 1. The molecule has 0 aliphatic carbocycles. The number of hydrogen-bond acceptors (Lipinski definition) is 7. The van der Waals surface area contributed by atoms with E-state index in [0.717, 1.165) is 58.3 Å². The Balaban J connectivity index is 1.28. The lowest BCUT2D eigenvalue weighted by atomic mass is 10.1. The summed E-state index contributed by atoms with van der Waals surface area (Å²) < 4.78 is 0. The van der Waals surface area contributed by atoms with Crippen LogP contribution < -0.4 is 10.2 Å². The van der Waals surface area contributed by atoms with Gasteiger partial charge in [0.05, 0.1) is 0 Å². The van der Waals surface area contributed by atoms with E-state index < -0.39 is 0 Å². The molecule has 4 heterocycles.